The molecule has 2 rings (SSSR count). The minimum Gasteiger partial charge on any atom is -0.358 e. The molecule has 0 aliphatic heterocycles. The summed E-state index contributed by atoms with van der Waals surface area (Å²) in [5.41, 5.74) is 1.68. The summed E-state index contributed by atoms with van der Waals surface area (Å²) >= 11 is 5.67. The van der Waals surface area contributed by atoms with Crippen LogP contribution in [0, 0.1) is 10.1 Å². The Morgan fingerprint density at radius 1 is 1.40 bits per heavy atom. The van der Waals surface area contributed by atoms with Crippen molar-refractivity contribution in [3.05, 3.63) is 56.7 Å². The highest BCUT2D eigenvalue weighted by Gasteiger charge is 2.20. The SMILES string of the molecule is CCc1ccc(C(=O)Cn2cc(Cl)c([N+](=O)[O-])n2)cc1. The van der Waals surface area contributed by atoms with E-state index in [0.29, 0.717) is 5.56 Å². The van der Waals surface area contributed by atoms with Gasteiger partial charge in [0, 0.05) is 5.56 Å². The van der Waals surface area contributed by atoms with Gasteiger partial charge in [0.2, 0.25) is 0 Å². The predicted molar refractivity (Wildman–Crippen MR) is 74.0 cm³/mol. The van der Waals surface area contributed by atoms with E-state index in [1.807, 2.05) is 19.1 Å². The highest BCUT2D eigenvalue weighted by Crippen LogP contribution is 2.21. The second-order valence-electron chi connectivity index (χ2n) is 4.23. The van der Waals surface area contributed by atoms with Crippen LogP contribution in [-0.2, 0) is 13.0 Å². The Labute approximate surface area is 120 Å². The summed E-state index contributed by atoms with van der Waals surface area (Å²) in [6, 6.07) is 7.23. The number of hydrogen-bond acceptors (Lipinski definition) is 4. The molecule has 7 heteroatoms. The molecule has 0 N–H and O–H groups in total. The summed E-state index contributed by atoms with van der Waals surface area (Å²) in [6.07, 6.45) is 2.17. The Morgan fingerprint density at radius 3 is 2.55 bits per heavy atom. The van der Waals surface area contributed by atoms with E-state index in [-0.39, 0.29) is 17.4 Å². The number of ketones is 1. The maximum atomic E-state index is 12.0. The number of carbonyl (C=O) groups is 1. The molecular formula is C13H12ClN3O3. The van der Waals surface area contributed by atoms with Gasteiger partial charge in [0.15, 0.2) is 10.8 Å². The van der Waals surface area contributed by atoms with Crippen LogP contribution in [0.5, 0.6) is 0 Å². The van der Waals surface area contributed by atoms with E-state index in [1.165, 1.54) is 10.9 Å². The zero-order valence-electron chi connectivity index (χ0n) is 10.7. The molecule has 1 aromatic heterocycles. The fraction of sp³-hybridized carbons (Fsp3) is 0.231. The Kier molecular flexibility index (Phi) is 4.14. The molecule has 0 fully saturated rings. The Hall–Kier alpha value is -2.21. The van der Waals surface area contributed by atoms with E-state index in [0.717, 1.165) is 12.0 Å². The van der Waals surface area contributed by atoms with Gasteiger partial charge < -0.3 is 10.1 Å². The van der Waals surface area contributed by atoms with E-state index >= 15 is 0 Å². The van der Waals surface area contributed by atoms with Crippen molar-refractivity contribution in [1.29, 1.82) is 0 Å². The summed E-state index contributed by atoms with van der Waals surface area (Å²) in [5, 5.41) is 14.2. The maximum absolute atomic E-state index is 12.0. The van der Waals surface area contributed by atoms with Gasteiger partial charge in [-0.05, 0) is 16.9 Å². The number of rotatable bonds is 5. The fourth-order valence-corrected chi connectivity index (χ4v) is 1.98. The lowest BCUT2D eigenvalue weighted by Crippen LogP contribution is -2.11. The van der Waals surface area contributed by atoms with Gasteiger partial charge in [0.1, 0.15) is 6.54 Å². The van der Waals surface area contributed by atoms with Crippen molar-refractivity contribution in [2.75, 3.05) is 0 Å². The van der Waals surface area contributed by atoms with E-state index in [4.69, 9.17) is 11.6 Å². The molecule has 0 bridgehead atoms. The second-order valence-corrected chi connectivity index (χ2v) is 4.64. The van der Waals surface area contributed by atoms with E-state index in [1.54, 1.807) is 12.1 Å². The van der Waals surface area contributed by atoms with Crippen LogP contribution < -0.4 is 0 Å². The van der Waals surface area contributed by atoms with Crippen molar-refractivity contribution in [1.82, 2.24) is 9.78 Å². The van der Waals surface area contributed by atoms with Gasteiger partial charge in [-0.3, -0.25) is 4.79 Å². The molecule has 1 aromatic carbocycles. The van der Waals surface area contributed by atoms with Crippen molar-refractivity contribution in [2.24, 2.45) is 0 Å². The zero-order valence-corrected chi connectivity index (χ0v) is 11.5. The molecule has 1 heterocycles. The smallest absolute Gasteiger partial charge is 0.358 e. The van der Waals surface area contributed by atoms with E-state index in [2.05, 4.69) is 5.10 Å². The molecular weight excluding hydrogens is 282 g/mol. The maximum Gasteiger partial charge on any atom is 0.408 e. The lowest BCUT2D eigenvalue weighted by molar-refractivity contribution is -0.389. The van der Waals surface area contributed by atoms with Crippen LogP contribution in [0.2, 0.25) is 5.02 Å². The first-order chi connectivity index (χ1) is 9.51. The molecule has 0 radical (unpaired) electrons. The van der Waals surface area contributed by atoms with Crippen LogP contribution in [0.25, 0.3) is 0 Å². The molecule has 6 nitrogen and oxygen atoms in total. The van der Waals surface area contributed by atoms with Crippen molar-refractivity contribution in [2.45, 2.75) is 19.9 Å². The second kappa shape index (κ2) is 5.83. The first-order valence-corrected chi connectivity index (χ1v) is 6.38. The molecule has 0 aliphatic carbocycles. The molecule has 0 amide bonds. The third-order valence-corrected chi connectivity index (χ3v) is 3.13. The number of Topliss-reactive ketones (excluding diaryl/α,β-unsaturated/α-hetero) is 1. The lowest BCUT2D eigenvalue weighted by atomic mass is 10.1. The molecule has 0 aliphatic rings. The van der Waals surface area contributed by atoms with Crippen molar-refractivity contribution >= 4 is 23.2 Å². The van der Waals surface area contributed by atoms with Crippen LogP contribution in [0.15, 0.2) is 30.5 Å². The van der Waals surface area contributed by atoms with Crippen LogP contribution in [0.1, 0.15) is 22.8 Å². The zero-order chi connectivity index (χ0) is 14.7. The standard InChI is InChI=1S/C13H12ClN3O3/c1-2-9-3-5-10(6-4-9)12(18)8-16-7-11(14)13(15-16)17(19)20/h3-7H,2,8H2,1H3. The van der Waals surface area contributed by atoms with Gasteiger partial charge in [-0.1, -0.05) is 42.8 Å². The van der Waals surface area contributed by atoms with E-state index < -0.39 is 10.7 Å². The lowest BCUT2D eigenvalue weighted by Gasteiger charge is -2.00. The number of halogens is 1. The monoisotopic (exact) mass is 293 g/mol. The Morgan fingerprint density at radius 2 is 2.05 bits per heavy atom. The molecule has 0 atom stereocenters. The molecule has 0 spiro atoms. The number of nitrogens with zero attached hydrogens (tertiary/aromatic N) is 3. The Balaban J connectivity index is 2.14. The third kappa shape index (κ3) is 3.03. The highest BCUT2D eigenvalue weighted by atomic mass is 35.5. The Bertz CT molecular complexity index is 649. The minimum absolute atomic E-state index is 0.0795. The summed E-state index contributed by atoms with van der Waals surface area (Å²) < 4.78 is 1.18. The first kappa shape index (κ1) is 14.2. The average Bonchev–Trinajstić information content (AvgIpc) is 2.79. The summed E-state index contributed by atoms with van der Waals surface area (Å²) in [4.78, 5) is 22.0. The van der Waals surface area contributed by atoms with Gasteiger partial charge in [-0.2, -0.15) is 4.68 Å². The molecule has 104 valence electrons. The molecule has 0 unspecified atom stereocenters. The normalized spacial score (nSPS) is 10.5. The topological polar surface area (TPSA) is 78.0 Å². The van der Waals surface area contributed by atoms with E-state index in [9.17, 15) is 14.9 Å². The van der Waals surface area contributed by atoms with Gasteiger partial charge in [0.05, 0.1) is 11.3 Å². The predicted octanol–water partition coefficient (Wildman–Crippen LogP) is 2.89. The highest BCUT2D eigenvalue weighted by molar-refractivity contribution is 6.32. The van der Waals surface area contributed by atoms with Crippen LogP contribution in [0.3, 0.4) is 0 Å². The van der Waals surface area contributed by atoms with Gasteiger partial charge >= 0.3 is 5.82 Å². The fourth-order valence-electron chi connectivity index (χ4n) is 1.76. The average molecular weight is 294 g/mol. The third-order valence-electron chi connectivity index (χ3n) is 2.86. The number of benzene rings is 1. The largest absolute Gasteiger partial charge is 0.408 e. The molecule has 0 saturated heterocycles. The molecule has 2 aromatic rings. The summed E-state index contributed by atoms with van der Waals surface area (Å²) in [5.74, 6) is -0.623. The first-order valence-electron chi connectivity index (χ1n) is 6.00. The van der Waals surface area contributed by atoms with Crippen LogP contribution >= 0.6 is 11.6 Å². The number of hydrogen-bond donors (Lipinski definition) is 0. The minimum atomic E-state index is -0.681. The molecule has 0 saturated carbocycles. The van der Waals surface area contributed by atoms with Gasteiger partial charge in [-0.25, -0.2) is 0 Å². The quantitative estimate of drug-likeness (QED) is 0.482. The number of aromatic nitrogens is 2. The number of aryl methyl sites for hydroxylation is 1. The molecule has 20 heavy (non-hydrogen) atoms. The van der Waals surface area contributed by atoms with Crippen LogP contribution in [-0.4, -0.2) is 20.5 Å². The number of carbonyl (C=O) groups excluding carboxylic acids is 1. The van der Waals surface area contributed by atoms with Crippen molar-refractivity contribution in [3.8, 4) is 0 Å². The van der Waals surface area contributed by atoms with Crippen molar-refractivity contribution < 1.29 is 9.72 Å². The van der Waals surface area contributed by atoms with Crippen molar-refractivity contribution in [3.63, 3.8) is 0 Å². The van der Waals surface area contributed by atoms with Gasteiger partial charge in [0.25, 0.3) is 0 Å². The van der Waals surface area contributed by atoms with Gasteiger partial charge in [-0.15, -0.1) is 0 Å². The van der Waals surface area contributed by atoms with Crippen LogP contribution in [0.4, 0.5) is 5.82 Å². The summed E-state index contributed by atoms with van der Waals surface area (Å²) in [7, 11) is 0. The number of nitro groups is 1. The summed E-state index contributed by atoms with van der Waals surface area (Å²) in [6.45, 7) is 1.95.